The van der Waals surface area contributed by atoms with Gasteiger partial charge in [-0.25, -0.2) is 0 Å². The van der Waals surface area contributed by atoms with Crippen LogP contribution in [0.4, 0.5) is 0 Å². The van der Waals surface area contributed by atoms with E-state index in [4.69, 9.17) is 0 Å². The van der Waals surface area contributed by atoms with Crippen molar-refractivity contribution >= 4 is 11.8 Å². The fourth-order valence-corrected chi connectivity index (χ4v) is 2.64. The summed E-state index contributed by atoms with van der Waals surface area (Å²) >= 11 is 2.07. The molecule has 1 aromatic heterocycles. The van der Waals surface area contributed by atoms with Crippen LogP contribution in [0.2, 0.25) is 0 Å². The summed E-state index contributed by atoms with van der Waals surface area (Å²) < 4.78 is 0. The molecule has 0 spiro atoms. The van der Waals surface area contributed by atoms with Gasteiger partial charge in [0.05, 0.1) is 0 Å². The first-order chi connectivity index (χ1) is 6.95. The lowest BCUT2D eigenvalue weighted by Crippen LogP contribution is -2.34. The third-order valence-corrected chi connectivity index (χ3v) is 3.51. The van der Waals surface area contributed by atoms with Crippen LogP contribution in [0.1, 0.15) is 5.56 Å². The Morgan fingerprint density at radius 2 is 1.93 bits per heavy atom. The van der Waals surface area contributed by atoms with Gasteiger partial charge in [-0.1, -0.05) is 0 Å². The van der Waals surface area contributed by atoms with Gasteiger partial charge < -0.3 is 4.90 Å². The van der Waals surface area contributed by atoms with E-state index in [9.17, 15) is 0 Å². The second kappa shape index (κ2) is 5.37. The molecule has 0 aliphatic carbocycles. The van der Waals surface area contributed by atoms with E-state index in [1.165, 1.54) is 36.7 Å². The number of nitrogens with zero attached hydrogens (tertiary/aromatic N) is 2. The summed E-state index contributed by atoms with van der Waals surface area (Å²) in [7, 11) is 0. The van der Waals surface area contributed by atoms with Crippen molar-refractivity contribution in [3.8, 4) is 0 Å². The van der Waals surface area contributed by atoms with Crippen LogP contribution >= 0.6 is 11.8 Å². The lowest BCUT2D eigenvalue weighted by molar-refractivity contribution is 0.306. The molecule has 3 heteroatoms. The van der Waals surface area contributed by atoms with Crippen molar-refractivity contribution in [2.45, 2.75) is 6.42 Å². The van der Waals surface area contributed by atoms with Gasteiger partial charge in [0.2, 0.25) is 0 Å². The van der Waals surface area contributed by atoms with Crippen LogP contribution in [-0.2, 0) is 6.42 Å². The summed E-state index contributed by atoms with van der Waals surface area (Å²) in [6, 6.07) is 4.22. The first-order valence-corrected chi connectivity index (χ1v) is 6.29. The van der Waals surface area contributed by atoms with Crippen LogP contribution in [0.15, 0.2) is 24.5 Å². The van der Waals surface area contributed by atoms with Crippen molar-refractivity contribution in [2.24, 2.45) is 0 Å². The Kier molecular flexibility index (Phi) is 3.83. The molecular weight excluding hydrogens is 192 g/mol. The summed E-state index contributed by atoms with van der Waals surface area (Å²) in [5.74, 6) is 2.60. The molecule has 1 aromatic rings. The second-order valence-electron chi connectivity index (χ2n) is 3.56. The molecule has 1 aliphatic heterocycles. The average Bonchev–Trinajstić information content (AvgIpc) is 2.29. The Morgan fingerprint density at radius 1 is 1.21 bits per heavy atom. The Balaban J connectivity index is 1.76. The monoisotopic (exact) mass is 208 g/mol. The molecule has 2 nitrogen and oxygen atoms in total. The standard InChI is InChI=1S/C11H16N2S/c1-4-12-5-2-11(1)3-6-13-7-9-14-10-8-13/h1-2,4-5H,3,6-10H2. The largest absolute Gasteiger partial charge is 0.301 e. The molecule has 0 unspecified atom stereocenters. The smallest absolute Gasteiger partial charge is 0.0270 e. The maximum Gasteiger partial charge on any atom is 0.0270 e. The highest BCUT2D eigenvalue weighted by Crippen LogP contribution is 2.09. The Hall–Kier alpha value is -0.540. The lowest BCUT2D eigenvalue weighted by atomic mass is 10.2. The van der Waals surface area contributed by atoms with Crippen molar-refractivity contribution in [3.63, 3.8) is 0 Å². The maximum absolute atomic E-state index is 4.02. The van der Waals surface area contributed by atoms with Crippen molar-refractivity contribution in [3.05, 3.63) is 30.1 Å². The Morgan fingerprint density at radius 3 is 2.64 bits per heavy atom. The van der Waals surface area contributed by atoms with Crippen LogP contribution in [0, 0.1) is 0 Å². The van der Waals surface area contributed by atoms with Gasteiger partial charge >= 0.3 is 0 Å². The maximum atomic E-state index is 4.02. The first kappa shape index (κ1) is 9.99. The van der Waals surface area contributed by atoms with Crippen molar-refractivity contribution in [2.75, 3.05) is 31.1 Å². The molecular formula is C11H16N2S. The number of rotatable bonds is 3. The number of aromatic nitrogens is 1. The molecule has 0 amide bonds. The van der Waals surface area contributed by atoms with Gasteiger partial charge in [0.25, 0.3) is 0 Å². The highest BCUT2D eigenvalue weighted by Gasteiger charge is 2.09. The third kappa shape index (κ3) is 3.00. The van der Waals surface area contributed by atoms with Crippen LogP contribution in [0.25, 0.3) is 0 Å². The van der Waals surface area contributed by atoms with Crippen molar-refractivity contribution in [1.29, 1.82) is 0 Å². The minimum absolute atomic E-state index is 1.16. The van der Waals surface area contributed by atoms with Crippen LogP contribution < -0.4 is 0 Å². The van der Waals surface area contributed by atoms with Crippen LogP contribution in [-0.4, -0.2) is 41.0 Å². The van der Waals surface area contributed by atoms with Crippen molar-refractivity contribution < 1.29 is 0 Å². The zero-order valence-electron chi connectivity index (χ0n) is 8.35. The van der Waals surface area contributed by atoms with Gasteiger partial charge in [0, 0.05) is 43.5 Å². The third-order valence-electron chi connectivity index (χ3n) is 2.57. The molecule has 0 saturated carbocycles. The lowest BCUT2D eigenvalue weighted by Gasteiger charge is -2.25. The highest BCUT2D eigenvalue weighted by atomic mass is 32.2. The number of thioether (sulfide) groups is 1. The zero-order valence-corrected chi connectivity index (χ0v) is 9.17. The number of pyridine rings is 1. The fraction of sp³-hybridized carbons (Fsp3) is 0.545. The van der Waals surface area contributed by atoms with E-state index in [2.05, 4.69) is 33.8 Å². The molecule has 0 bridgehead atoms. The molecule has 14 heavy (non-hydrogen) atoms. The Labute approximate surface area is 89.7 Å². The summed E-state index contributed by atoms with van der Waals surface area (Å²) in [5, 5.41) is 0. The van der Waals surface area contributed by atoms with Gasteiger partial charge in [-0.2, -0.15) is 11.8 Å². The van der Waals surface area contributed by atoms with Gasteiger partial charge in [-0.05, 0) is 24.1 Å². The average molecular weight is 208 g/mol. The van der Waals surface area contributed by atoms with Gasteiger partial charge in [-0.3, -0.25) is 4.98 Å². The number of hydrogen-bond donors (Lipinski definition) is 0. The SMILES string of the molecule is c1cc(CCN2CCSCC2)ccn1. The summed E-state index contributed by atoms with van der Waals surface area (Å²) in [4.78, 5) is 6.58. The van der Waals surface area contributed by atoms with E-state index in [1.54, 1.807) is 0 Å². The van der Waals surface area contributed by atoms with Crippen LogP contribution in [0.5, 0.6) is 0 Å². The molecule has 2 rings (SSSR count). The molecule has 76 valence electrons. The van der Waals surface area contributed by atoms with Gasteiger partial charge in [-0.15, -0.1) is 0 Å². The topological polar surface area (TPSA) is 16.1 Å². The highest BCUT2D eigenvalue weighted by molar-refractivity contribution is 7.99. The molecule has 1 saturated heterocycles. The minimum Gasteiger partial charge on any atom is -0.301 e. The van der Waals surface area contributed by atoms with Gasteiger partial charge in [0.1, 0.15) is 0 Å². The van der Waals surface area contributed by atoms with E-state index >= 15 is 0 Å². The van der Waals surface area contributed by atoms with E-state index in [0.29, 0.717) is 0 Å². The molecule has 0 N–H and O–H groups in total. The number of hydrogen-bond acceptors (Lipinski definition) is 3. The molecule has 1 fully saturated rings. The van der Waals surface area contributed by atoms with Crippen molar-refractivity contribution in [1.82, 2.24) is 9.88 Å². The fourth-order valence-electron chi connectivity index (χ4n) is 1.66. The van der Waals surface area contributed by atoms with E-state index in [0.717, 1.165) is 6.42 Å². The molecule has 1 aliphatic rings. The zero-order chi connectivity index (χ0) is 9.64. The summed E-state index contributed by atoms with van der Waals surface area (Å²) in [5.41, 5.74) is 1.40. The van der Waals surface area contributed by atoms with Crippen LogP contribution in [0.3, 0.4) is 0 Å². The van der Waals surface area contributed by atoms with E-state index in [-0.39, 0.29) is 0 Å². The molecule has 0 atom stereocenters. The van der Waals surface area contributed by atoms with Gasteiger partial charge in [0.15, 0.2) is 0 Å². The molecule has 0 aromatic carbocycles. The Bertz CT molecular complexity index is 257. The minimum atomic E-state index is 1.16. The summed E-state index contributed by atoms with van der Waals surface area (Å²) in [6.07, 6.45) is 4.91. The van der Waals surface area contributed by atoms with E-state index in [1.807, 2.05) is 12.4 Å². The second-order valence-corrected chi connectivity index (χ2v) is 4.78. The predicted octanol–water partition coefficient (Wildman–Crippen LogP) is 1.67. The quantitative estimate of drug-likeness (QED) is 0.752. The first-order valence-electron chi connectivity index (χ1n) is 5.14. The normalized spacial score (nSPS) is 18.3. The summed E-state index contributed by atoms with van der Waals surface area (Å²) in [6.45, 7) is 3.72. The van der Waals surface area contributed by atoms with E-state index < -0.39 is 0 Å². The predicted molar refractivity (Wildman–Crippen MR) is 61.7 cm³/mol. The molecule has 2 heterocycles. The molecule has 0 radical (unpaired) electrons.